The molecule has 0 aromatic heterocycles. The molecule has 0 bridgehead atoms. The summed E-state index contributed by atoms with van der Waals surface area (Å²) in [6.07, 6.45) is 1.83. The lowest BCUT2D eigenvalue weighted by atomic mass is 10.1. The van der Waals surface area contributed by atoms with Gasteiger partial charge in [0, 0.05) is 4.47 Å². The van der Waals surface area contributed by atoms with Gasteiger partial charge in [0.2, 0.25) is 0 Å². The van der Waals surface area contributed by atoms with Crippen molar-refractivity contribution in [2.45, 2.75) is 20.5 Å². The average molecular weight is 574 g/mol. The third-order valence-corrected chi connectivity index (χ3v) is 8.21. The number of amides is 1. The zero-order chi connectivity index (χ0) is 25.9. The molecule has 5 rings (SSSR count). The van der Waals surface area contributed by atoms with Crippen LogP contribution in [0.5, 0.6) is 11.5 Å². The summed E-state index contributed by atoms with van der Waals surface area (Å²) in [5.41, 5.74) is 4.94. The number of halogens is 1. The van der Waals surface area contributed by atoms with Crippen LogP contribution < -0.4 is 14.8 Å². The van der Waals surface area contributed by atoms with E-state index in [-0.39, 0.29) is 5.91 Å². The third kappa shape index (κ3) is 5.58. The summed E-state index contributed by atoms with van der Waals surface area (Å²) in [5, 5.41) is 5.76. The largest absolute Gasteiger partial charge is 0.493 e. The minimum absolute atomic E-state index is 0.176. The monoisotopic (exact) mass is 572 g/mol. The number of hydrogen-bond acceptors (Lipinski definition) is 5. The molecule has 186 valence electrons. The lowest BCUT2D eigenvalue weighted by Gasteiger charge is -2.13. The number of carbonyl (C=O) groups excluding carboxylic acids is 1. The Kier molecular flexibility index (Phi) is 7.35. The second-order valence-corrected chi connectivity index (χ2v) is 10.5. The Balaban J connectivity index is 1.33. The molecule has 1 aliphatic rings. The van der Waals surface area contributed by atoms with Crippen molar-refractivity contribution in [3.05, 3.63) is 104 Å². The molecule has 4 aromatic carbocycles. The molecule has 0 atom stereocenters. The van der Waals surface area contributed by atoms with Crippen molar-refractivity contribution in [1.29, 1.82) is 0 Å². The van der Waals surface area contributed by atoms with Crippen molar-refractivity contribution in [2.75, 3.05) is 7.11 Å². The molecule has 4 aromatic rings. The van der Waals surface area contributed by atoms with E-state index in [1.807, 2.05) is 68.5 Å². The standard InChI is InChI=1S/C30H25BrN2O3S/c1-18-13-23(14-19(2)28(18)31)32-30-33-29(34)27(37-30)16-20-11-12-25(26(15-20)35-3)36-17-22-9-6-8-21-7-4-5-10-24(21)22/h4-16H,17H2,1-3H3,(H,32,33,34)/b27-16-. The molecule has 0 radical (unpaired) electrons. The summed E-state index contributed by atoms with van der Waals surface area (Å²) in [4.78, 5) is 17.8. The van der Waals surface area contributed by atoms with Gasteiger partial charge < -0.3 is 14.8 Å². The van der Waals surface area contributed by atoms with Crippen molar-refractivity contribution in [2.24, 2.45) is 4.99 Å². The summed E-state index contributed by atoms with van der Waals surface area (Å²) >= 11 is 4.90. The number of amidine groups is 1. The highest BCUT2D eigenvalue weighted by molar-refractivity contribution is 9.10. The quantitative estimate of drug-likeness (QED) is 0.240. The van der Waals surface area contributed by atoms with Crippen LogP contribution >= 0.6 is 27.7 Å². The number of nitrogens with one attached hydrogen (secondary N) is 1. The van der Waals surface area contributed by atoms with Gasteiger partial charge in [-0.25, -0.2) is 4.99 Å². The highest BCUT2D eigenvalue weighted by Gasteiger charge is 2.24. The Labute approximate surface area is 228 Å². The van der Waals surface area contributed by atoms with E-state index in [0.717, 1.165) is 32.4 Å². The molecular weight excluding hydrogens is 548 g/mol. The SMILES string of the molecule is COc1cc(/C=C2\SC(=Nc3cc(C)c(Br)c(C)c3)NC2=O)ccc1OCc1cccc2ccccc12. The van der Waals surface area contributed by atoms with Crippen molar-refractivity contribution >= 4 is 61.3 Å². The molecule has 0 saturated carbocycles. The molecule has 1 N–H and O–H groups in total. The molecule has 5 nitrogen and oxygen atoms in total. The number of methoxy groups -OCH3 is 1. The van der Waals surface area contributed by atoms with Gasteiger partial charge in [-0.05, 0) is 89.0 Å². The molecule has 0 unspecified atom stereocenters. The highest BCUT2D eigenvalue weighted by Crippen LogP contribution is 2.34. The van der Waals surface area contributed by atoms with Gasteiger partial charge in [0.05, 0.1) is 17.7 Å². The van der Waals surface area contributed by atoms with Gasteiger partial charge in [-0.15, -0.1) is 0 Å². The first kappa shape index (κ1) is 25.1. The zero-order valence-electron chi connectivity index (χ0n) is 20.7. The van der Waals surface area contributed by atoms with Crippen molar-refractivity contribution in [3.63, 3.8) is 0 Å². The second kappa shape index (κ2) is 10.8. The first-order valence-electron chi connectivity index (χ1n) is 11.7. The first-order chi connectivity index (χ1) is 17.9. The molecule has 0 spiro atoms. The van der Waals surface area contributed by atoms with E-state index in [1.54, 1.807) is 7.11 Å². The van der Waals surface area contributed by atoms with Crippen LogP contribution in [0.15, 0.2) is 87.2 Å². The predicted octanol–water partition coefficient (Wildman–Crippen LogP) is 7.70. The number of hydrogen-bond donors (Lipinski definition) is 1. The van der Waals surface area contributed by atoms with Crippen LogP contribution in [0.25, 0.3) is 16.8 Å². The Morgan fingerprint density at radius 1 is 0.973 bits per heavy atom. The molecule has 1 saturated heterocycles. The van der Waals surface area contributed by atoms with E-state index in [1.165, 1.54) is 22.5 Å². The number of rotatable bonds is 6. The van der Waals surface area contributed by atoms with Gasteiger partial charge >= 0.3 is 0 Å². The average Bonchev–Trinajstić information content (AvgIpc) is 3.24. The van der Waals surface area contributed by atoms with Crippen LogP contribution in [0.3, 0.4) is 0 Å². The van der Waals surface area contributed by atoms with Crippen LogP contribution in [0.1, 0.15) is 22.3 Å². The molecule has 0 aliphatic carbocycles. The van der Waals surface area contributed by atoms with Crippen molar-refractivity contribution in [1.82, 2.24) is 5.32 Å². The van der Waals surface area contributed by atoms with E-state index in [4.69, 9.17) is 9.47 Å². The second-order valence-electron chi connectivity index (χ2n) is 8.71. The number of nitrogens with zero attached hydrogens (tertiary/aromatic N) is 1. The van der Waals surface area contributed by atoms with Crippen molar-refractivity contribution in [3.8, 4) is 11.5 Å². The number of ether oxygens (including phenoxy) is 2. The minimum atomic E-state index is -0.176. The van der Waals surface area contributed by atoms with Crippen LogP contribution in [-0.4, -0.2) is 18.2 Å². The van der Waals surface area contributed by atoms with Crippen LogP contribution in [0, 0.1) is 13.8 Å². The summed E-state index contributed by atoms with van der Waals surface area (Å²) in [6, 6.07) is 24.1. The fraction of sp³-hybridized carbons (Fsp3) is 0.133. The number of carbonyl (C=O) groups is 1. The normalized spacial score (nSPS) is 15.4. The van der Waals surface area contributed by atoms with Gasteiger partial charge in [0.1, 0.15) is 6.61 Å². The maximum Gasteiger partial charge on any atom is 0.264 e. The van der Waals surface area contributed by atoms with E-state index in [0.29, 0.717) is 28.2 Å². The third-order valence-electron chi connectivity index (χ3n) is 6.05. The van der Waals surface area contributed by atoms with E-state index >= 15 is 0 Å². The fourth-order valence-electron chi connectivity index (χ4n) is 4.20. The Morgan fingerprint density at radius 2 is 1.73 bits per heavy atom. The fourth-order valence-corrected chi connectivity index (χ4v) is 5.27. The zero-order valence-corrected chi connectivity index (χ0v) is 23.1. The number of aliphatic imine (C=N–C) groups is 1. The van der Waals surface area contributed by atoms with Crippen LogP contribution in [-0.2, 0) is 11.4 Å². The predicted molar refractivity (Wildman–Crippen MR) is 156 cm³/mol. The van der Waals surface area contributed by atoms with Gasteiger partial charge in [-0.3, -0.25) is 4.79 Å². The summed E-state index contributed by atoms with van der Waals surface area (Å²) in [6.45, 7) is 4.47. The summed E-state index contributed by atoms with van der Waals surface area (Å²) in [5.74, 6) is 1.07. The van der Waals surface area contributed by atoms with Gasteiger partial charge in [-0.1, -0.05) is 64.5 Å². The van der Waals surface area contributed by atoms with E-state index < -0.39 is 0 Å². The molecule has 1 fully saturated rings. The van der Waals surface area contributed by atoms with Gasteiger partial charge in [0.15, 0.2) is 16.7 Å². The summed E-state index contributed by atoms with van der Waals surface area (Å²) < 4.78 is 12.8. The molecule has 1 aliphatic heterocycles. The van der Waals surface area contributed by atoms with Crippen molar-refractivity contribution < 1.29 is 14.3 Å². The maximum atomic E-state index is 12.6. The highest BCUT2D eigenvalue weighted by atomic mass is 79.9. The number of thioether (sulfide) groups is 1. The lowest BCUT2D eigenvalue weighted by molar-refractivity contribution is -0.115. The molecule has 37 heavy (non-hydrogen) atoms. The van der Waals surface area contributed by atoms with Gasteiger partial charge in [0.25, 0.3) is 5.91 Å². The summed E-state index contributed by atoms with van der Waals surface area (Å²) in [7, 11) is 1.61. The smallest absolute Gasteiger partial charge is 0.264 e. The number of aryl methyl sites for hydroxylation is 2. The lowest BCUT2D eigenvalue weighted by Crippen LogP contribution is -2.19. The minimum Gasteiger partial charge on any atom is -0.493 e. The van der Waals surface area contributed by atoms with E-state index in [2.05, 4.69) is 50.5 Å². The molecular formula is C30H25BrN2O3S. The van der Waals surface area contributed by atoms with Crippen LogP contribution in [0.2, 0.25) is 0 Å². The Hall–Kier alpha value is -3.55. The number of benzene rings is 4. The Morgan fingerprint density at radius 3 is 2.51 bits per heavy atom. The molecule has 7 heteroatoms. The van der Waals surface area contributed by atoms with Gasteiger partial charge in [-0.2, -0.15) is 0 Å². The number of fused-ring (bicyclic) bond motifs is 1. The maximum absolute atomic E-state index is 12.6. The molecule has 1 amide bonds. The van der Waals surface area contributed by atoms with Crippen LogP contribution in [0.4, 0.5) is 5.69 Å². The van der Waals surface area contributed by atoms with E-state index in [9.17, 15) is 4.79 Å². The first-order valence-corrected chi connectivity index (χ1v) is 13.4. The molecule has 1 heterocycles. The topological polar surface area (TPSA) is 59.9 Å². The Bertz CT molecular complexity index is 1550.